The van der Waals surface area contributed by atoms with Crippen LogP contribution < -0.4 is 24.8 Å². The van der Waals surface area contributed by atoms with Crippen molar-refractivity contribution >= 4 is 28.6 Å². The molecule has 2 aromatic carbocycles. The van der Waals surface area contributed by atoms with E-state index in [2.05, 4.69) is 112 Å². The third-order valence-corrected chi connectivity index (χ3v) is 7.37. The fraction of sp³-hybridized carbons (Fsp3) is 0.222. The van der Waals surface area contributed by atoms with Crippen molar-refractivity contribution in [3.63, 3.8) is 0 Å². The molecule has 4 aliphatic rings. The van der Waals surface area contributed by atoms with Crippen LogP contribution in [0.25, 0.3) is 0 Å². The second-order valence-corrected chi connectivity index (χ2v) is 20.8. The molecule has 0 saturated carbocycles. The monoisotopic (exact) mass is 724 g/mol. The van der Waals surface area contributed by atoms with Crippen molar-refractivity contribution in [1.29, 1.82) is 0 Å². The van der Waals surface area contributed by atoms with Crippen molar-refractivity contribution in [3.8, 4) is 0 Å². The van der Waals surface area contributed by atoms with Gasteiger partial charge in [-0.3, -0.25) is 0 Å². The Morgan fingerprint density at radius 3 is 1.33 bits per heavy atom. The fourth-order valence-corrected chi connectivity index (χ4v) is 5.40. The largest absolute Gasteiger partial charge is 1.00 e. The SMILES string of the molecule is CC1=[C-]C2=CC=CCC(c3ccc(Cl)cc3)C2=C1.CC1=[C-]C2=CC=CCC(c3ccc(Cl)cc3)C2=C1.C[Si](C)=[Zr+2].[Cl-].[Cl-]. The molecular weight excluding hydrogens is 694 g/mol. The summed E-state index contributed by atoms with van der Waals surface area (Å²) in [4.78, 5) is 0. The maximum absolute atomic E-state index is 5.96. The van der Waals surface area contributed by atoms with Gasteiger partial charge in [0.2, 0.25) is 0 Å². The van der Waals surface area contributed by atoms with E-state index in [9.17, 15) is 0 Å². The smallest absolute Gasteiger partial charge is 1.00 e. The zero-order valence-corrected chi connectivity index (χ0v) is 30.8. The molecule has 2 unspecified atom stereocenters. The first kappa shape index (κ1) is 36.8. The van der Waals surface area contributed by atoms with Gasteiger partial charge in [-0.15, -0.1) is 47.6 Å². The predicted octanol–water partition coefficient (Wildman–Crippen LogP) is 4.79. The third-order valence-electron chi connectivity index (χ3n) is 6.87. The van der Waals surface area contributed by atoms with Crippen molar-refractivity contribution in [2.75, 3.05) is 0 Å². The molecule has 0 amide bonds. The molecule has 0 nitrogen and oxygen atoms in total. The van der Waals surface area contributed by atoms with E-state index in [0.29, 0.717) is 11.8 Å². The molecule has 0 saturated heterocycles. The van der Waals surface area contributed by atoms with Gasteiger partial charge in [0.15, 0.2) is 0 Å². The summed E-state index contributed by atoms with van der Waals surface area (Å²) in [6.45, 7) is 8.82. The average molecular weight is 728 g/mol. The molecule has 0 radical (unpaired) electrons. The quantitative estimate of drug-likeness (QED) is 0.309. The van der Waals surface area contributed by atoms with Gasteiger partial charge < -0.3 is 24.8 Å². The van der Waals surface area contributed by atoms with Crippen LogP contribution in [0.1, 0.15) is 49.7 Å². The first-order valence-electron chi connectivity index (χ1n) is 13.6. The molecule has 0 N–H and O–H groups in total. The number of halogens is 4. The van der Waals surface area contributed by atoms with Crippen LogP contribution in [-0.4, -0.2) is 5.43 Å². The Bertz CT molecular complexity index is 1390. The van der Waals surface area contributed by atoms with E-state index in [1.165, 1.54) is 44.6 Å². The van der Waals surface area contributed by atoms with E-state index in [-0.39, 0.29) is 30.2 Å². The van der Waals surface area contributed by atoms with Gasteiger partial charge in [-0.05, 0) is 60.1 Å². The first-order valence-corrected chi connectivity index (χ1v) is 20.6. The summed E-state index contributed by atoms with van der Waals surface area (Å²) in [6, 6.07) is 16.4. The van der Waals surface area contributed by atoms with Crippen LogP contribution >= 0.6 is 23.2 Å². The standard InChI is InChI=1S/2C17H14Cl.C2H6Si.2ClH.Zr/c2*1-12-10-14-4-2-3-5-16(17(14)11-12)13-6-8-15(18)9-7-13;1-3-2;;;/h2*2-4,6-9,11,16H,5H2,1H3;1-2H3;2*1H;/q2*-1;;;;+2/p-2. The molecule has 0 spiro atoms. The Kier molecular flexibility index (Phi) is 15.6. The molecule has 0 aliphatic heterocycles. The molecule has 2 atom stereocenters. The molecule has 4 aliphatic carbocycles. The van der Waals surface area contributed by atoms with Crippen molar-refractivity contribution in [1.82, 2.24) is 0 Å². The molecule has 42 heavy (non-hydrogen) atoms. The van der Waals surface area contributed by atoms with Gasteiger partial charge in [0.1, 0.15) is 0 Å². The topological polar surface area (TPSA) is 0 Å². The molecule has 0 aromatic heterocycles. The Balaban J connectivity index is 0.000000250. The Labute approximate surface area is 289 Å². The summed E-state index contributed by atoms with van der Waals surface area (Å²) < 4.78 is 0. The van der Waals surface area contributed by atoms with Crippen LogP contribution in [0.4, 0.5) is 0 Å². The summed E-state index contributed by atoms with van der Waals surface area (Å²) in [5, 5.41) is 1.58. The molecular formula is C36H34Cl4SiZr-2. The van der Waals surface area contributed by atoms with Crippen LogP contribution in [-0.2, 0) is 23.3 Å². The summed E-state index contributed by atoms with van der Waals surface area (Å²) in [7, 11) is 0. The van der Waals surface area contributed by atoms with E-state index in [1.807, 2.05) is 24.3 Å². The Hall–Kier alpha value is -1.38. The van der Waals surface area contributed by atoms with Crippen molar-refractivity contribution in [2.24, 2.45) is 0 Å². The maximum atomic E-state index is 5.96. The number of hydrogen-bond acceptors (Lipinski definition) is 0. The van der Waals surface area contributed by atoms with Crippen molar-refractivity contribution < 1.29 is 48.1 Å². The number of hydrogen-bond donors (Lipinski definition) is 0. The number of fused-ring (bicyclic) bond motifs is 2. The van der Waals surface area contributed by atoms with E-state index in [1.54, 1.807) is 23.3 Å². The van der Waals surface area contributed by atoms with Crippen LogP contribution in [0.3, 0.4) is 0 Å². The maximum Gasteiger partial charge on any atom is -1.00 e. The van der Waals surface area contributed by atoms with Crippen molar-refractivity contribution in [2.45, 2.75) is 51.6 Å². The van der Waals surface area contributed by atoms with Crippen LogP contribution in [0, 0.1) is 12.2 Å². The molecule has 2 aromatic rings. The minimum Gasteiger partial charge on any atom is -1.00 e. The molecule has 6 heteroatoms. The van der Waals surface area contributed by atoms with Gasteiger partial charge in [0, 0.05) is 10.0 Å². The average Bonchev–Trinajstić information content (AvgIpc) is 3.32. The minimum absolute atomic E-state index is 0. The summed E-state index contributed by atoms with van der Waals surface area (Å²) in [5.41, 5.74) is 10.5. The predicted molar refractivity (Wildman–Crippen MR) is 171 cm³/mol. The number of allylic oxidation sites excluding steroid dienone is 16. The van der Waals surface area contributed by atoms with Gasteiger partial charge in [0.25, 0.3) is 0 Å². The van der Waals surface area contributed by atoms with Gasteiger partial charge in [-0.1, -0.05) is 73.5 Å². The Morgan fingerprint density at radius 1 is 0.667 bits per heavy atom. The van der Waals surface area contributed by atoms with Crippen molar-refractivity contribution in [3.05, 3.63) is 164 Å². The van der Waals surface area contributed by atoms with Gasteiger partial charge in [-0.25, -0.2) is 0 Å². The zero-order chi connectivity index (χ0) is 28.6. The molecule has 0 bridgehead atoms. The van der Waals surface area contributed by atoms with E-state index in [4.69, 9.17) is 23.2 Å². The van der Waals surface area contributed by atoms with E-state index >= 15 is 0 Å². The Morgan fingerprint density at radius 2 is 1.00 bits per heavy atom. The number of rotatable bonds is 2. The molecule has 6 rings (SSSR count). The van der Waals surface area contributed by atoms with E-state index in [0.717, 1.165) is 22.9 Å². The molecule has 216 valence electrons. The van der Waals surface area contributed by atoms with Gasteiger partial charge in [-0.2, -0.15) is 34.4 Å². The van der Waals surface area contributed by atoms with Crippen LogP contribution in [0.2, 0.25) is 23.1 Å². The fourth-order valence-electron chi connectivity index (χ4n) is 5.15. The third kappa shape index (κ3) is 10.4. The summed E-state index contributed by atoms with van der Waals surface area (Å²) in [5.74, 6) is 0.828. The van der Waals surface area contributed by atoms with E-state index < -0.39 is 0 Å². The zero-order valence-electron chi connectivity index (χ0n) is 24.3. The second kappa shape index (κ2) is 17.8. The van der Waals surface area contributed by atoms with Gasteiger partial charge >= 0.3 is 41.9 Å². The van der Waals surface area contributed by atoms with Gasteiger partial charge in [0.05, 0.1) is 0 Å². The minimum atomic E-state index is 0. The second-order valence-electron chi connectivity index (χ2n) is 10.5. The summed E-state index contributed by atoms with van der Waals surface area (Å²) in [6.07, 6.45) is 26.4. The van der Waals surface area contributed by atoms with Crippen LogP contribution in [0.15, 0.2) is 131 Å². The van der Waals surface area contributed by atoms with Crippen LogP contribution in [0.5, 0.6) is 0 Å². The summed E-state index contributed by atoms with van der Waals surface area (Å²) >= 11 is 13.7. The molecule has 0 heterocycles. The molecule has 0 fully saturated rings. The number of benzene rings is 2. The normalized spacial score (nSPS) is 19.4. The first-order chi connectivity index (χ1) is 19.2.